The largest absolute Gasteiger partial charge is 0.379 e. The Morgan fingerprint density at radius 2 is 1.76 bits per heavy atom. The summed E-state index contributed by atoms with van der Waals surface area (Å²) in [5, 5.41) is 3.45. The Morgan fingerprint density at radius 1 is 1.03 bits per heavy atom. The second-order valence-corrected chi connectivity index (χ2v) is 7.51. The summed E-state index contributed by atoms with van der Waals surface area (Å²) in [6, 6.07) is 14.1. The minimum absolute atomic E-state index is 0.568. The molecule has 0 amide bonds. The van der Waals surface area contributed by atoms with Crippen molar-refractivity contribution in [1.82, 2.24) is 4.90 Å². The summed E-state index contributed by atoms with van der Waals surface area (Å²) in [7, 11) is 0. The van der Waals surface area contributed by atoms with Gasteiger partial charge in [0, 0.05) is 36.6 Å². The maximum atomic E-state index is 7.33. The van der Waals surface area contributed by atoms with E-state index < -0.39 is 5.79 Å². The summed E-state index contributed by atoms with van der Waals surface area (Å²) in [6.07, 6.45) is 1.03. The van der Waals surface area contributed by atoms with Crippen molar-refractivity contribution in [2.75, 3.05) is 51.4 Å². The smallest absolute Gasteiger partial charge is 0.194 e. The highest BCUT2D eigenvalue weighted by molar-refractivity contribution is 5.69. The summed E-state index contributed by atoms with van der Waals surface area (Å²) < 4.78 is 17.1. The number of hydrogen-bond donors (Lipinski definition) is 1. The average molecular weight is 393 g/mol. The maximum Gasteiger partial charge on any atom is 0.194 e. The average Bonchev–Trinajstić information content (AvgIpc) is 3.21. The van der Waals surface area contributed by atoms with Crippen LogP contribution in [0.15, 0.2) is 42.5 Å². The zero-order chi connectivity index (χ0) is 20.1. The van der Waals surface area contributed by atoms with E-state index in [1.165, 1.54) is 5.56 Å². The van der Waals surface area contributed by atoms with Crippen molar-refractivity contribution in [3.05, 3.63) is 65.0 Å². The van der Waals surface area contributed by atoms with Gasteiger partial charge in [0.1, 0.15) is 0 Å². The quantitative estimate of drug-likeness (QED) is 0.750. The van der Waals surface area contributed by atoms with Gasteiger partial charge in [-0.2, -0.15) is 0 Å². The molecule has 0 atom stereocenters. The van der Waals surface area contributed by atoms with Crippen LogP contribution in [-0.4, -0.2) is 51.0 Å². The topological polar surface area (TPSA) is 47.3 Å². The molecule has 0 bridgehead atoms. The van der Waals surface area contributed by atoms with Crippen molar-refractivity contribution < 1.29 is 14.2 Å². The Morgan fingerprint density at radius 3 is 2.45 bits per heavy atom. The Kier molecular flexibility index (Phi) is 6.12. The Balaban J connectivity index is 1.46. The summed E-state index contributed by atoms with van der Waals surface area (Å²) in [5.41, 5.74) is 4.61. The monoisotopic (exact) mass is 393 g/mol. The van der Waals surface area contributed by atoms with E-state index in [9.17, 15) is 0 Å². The van der Waals surface area contributed by atoms with Crippen LogP contribution in [0, 0.1) is 6.57 Å². The highest BCUT2D eigenvalue weighted by Crippen LogP contribution is 2.38. The van der Waals surface area contributed by atoms with E-state index in [0.29, 0.717) is 18.9 Å². The normalized spacial score (nSPS) is 19.0. The van der Waals surface area contributed by atoms with E-state index in [1.807, 2.05) is 19.1 Å². The lowest BCUT2D eigenvalue weighted by Gasteiger charge is -2.26. The molecule has 0 saturated carbocycles. The Hall–Kier alpha value is -2.43. The molecule has 4 rings (SSSR count). The third-order valence-electron chi connectivity index (χ3n) is 5.51. The maximum absolute atomic E-state index is 7.33. The summed E-state index contributed by atoms with van der Waals surface area (Å²) in [4.78, 5) is 6.01. The standard InChI is InChI=1S/C23H27N3O3/c1-23(28-15-16-29-23)21-8-7-20(24-2)17-22(21)25-19-5-3-18(4-6-19)9-10-26-11-13-27-14-12-26/h3-8,17,25H,9-16H2,1H3. The fraction of sp³-hybridized carbons (Fsp3) is 0.435. The SMILES string of the molecule is [C-]#[N+]c1ccc(C2(C)OCCO2)c(Nc2ccc(CCN3CCOCC3)cc2)c1. The van der Waals surface area contributed by atoms with Crippen LogP contribution in [-0.2, 0) is 26.4 Å². The first-order chi connectivity index (χ1) is 14.2. The van der Waals surface area contributed by atoms with Gasteiger partial charge in [0.05, 0.1) is 33.0 Å². The van der Waals surface area contributed by atoms with E-state index in [2.05, 4.69) is 39.3 Å². The first-order valence-corrected chi connectivity index (χ1v) is 10.1. The van der Waals surface area contributed by atoms with Gasteiger partial charge in [-0.05, 0) is 37.1 Å². The molecule has 0 aromatic heterocycles. The van der Waals surface area contributed by atoms with Gasteiger partial charge in [-0.15, -0.1) is 0 Å². The number of rotatable bonds is 6. The predicted molar refractivity (Wildman–Crippen MR) is 113 cm³/mol. The van der Waals surface area contributed by atoms with Gasteiger partial charge in [-0.25, -0.2) is 4.85 Å². The van der Waals surface area contributed by atoms with Crippen molar-refractivity contribution >= 4 is 17.1 Å². The molecule has 2 fully saturated rings. The minimum atomic E-state index is -0.791. The van der Waals surface area contributed by atoms with E-state index in [0.717, 1.165) is 56.2 Å². The van der Waals surface area contributed by atoms with Crippen LogP contribution in [0.25, 0.3) is 4.85 Å². The Labute approximate surface area is 172 Å². The first-order valence-electron chi connectivity index (χ1n) is 10.1. The van der Waals surface area contributed by atoms with Crippen LogP contribution in [0.4, 0.5) is 17.1 Å². The molecule has 6 heteroatoms. The van der Waals surface area contributed by atoms with Gasteiger partial charge < -0.3 is 19.5 Å². The minimum Gasteiger partial charge on any atom is -0.379 e. The molecule has 2 heterocycles. The van der Waals surface area contributed by atoms with Gasteiger partial charge in [-0.3, -0.25) is 4.90 Å². The highest BCUT2D eigenvalue weighted by atomic mass is 16.7. The van der Waals surface area contributed by atoms with Crippen molar-refractivity contribution in [1.29, 1.82) is 0 Å². The first kappa shape index (κ1) is 19.9. The zero-order valence-corrected chi connectivity index (χ0v) is 16.8. The number of ether oxygens (including phenoxy) is 3. The lowest BCUT2D eigenvalue weighted by molar-refractivity contribution is -0.149. The van der Waals surface area contributed by atoms with E-state index in [1.54, 1.807) is 6.07 Å². The van der Waals surface area contributed by atoms with Crippen molar-refractivity contribution in [3.63, 3.8) is 0 Å². The molecule has 2 aliphatic rings. The van der Waals surface area contributed by atoms with Crippen LogP contribution >= 0.6 is 0 Å². The number of nitrogens with one attached hydrogen (secondary N) is 1. The van der Waals surface area contributed by atoms with Gasteiger partial charge >= 0.3 is 0 Å². The van der Waals surface area contributed by atoms with E-state index in [4.69, 9.17) is 20.8 Å². The van der Waals surface area contributed by atoms with Gasteiger partial charge in [0.25, 0.3) is 0 Å². The molecule has 2 aliphatic heterocycles. The molecule has 29 heavy (non-hydrogen) atoms. The van der Waals surface area contributed by atoms with Gasteiger partial charge in [0.2, 0.25) is 0 Å². The second kappa shape index (κ2) is 8.93. The lowest BCUT2D eigenvalue weighted by Crippen LogP contribution is -2.37. The molecule has 0 spiro atoms. The third kappa shape index (κ3) is 4.77. The molecule has 152 valence electrons. The zero-order valence-electron chi connectivity index (χ0n) is 16.8. The molecule has 6 nitrogen and oxygen atoms in total. The predicted octanol–water partition coefficient (Wildman–Crippen LogP) is 4.08. The third-order valence-corrected chi connectivity index (χ3v) is 5.51. The highest BCUT2D eigenvalue weighted by Gasteiger charge is 2.35. The van der Waals surface area contributed by atoms with Crippen LogP contribution in [0.5, 0.6) is 0 Å². The number of benzene rings is 2. The van der Waals surface area contributed by atoms with E-state index in [-0.39, 0.29) is 0 Å². The van der Waals surface area contributed by atoms with Crippen LogP contribution < -0.4 is 5.32 Å². The molecular formula is C23H27N3O3. The fourth-order valence-corrected chi connectivity index (χ4v) is 3.79. The number of morpholine rings is 1. The molecule has 1 N–H and O–H groups in total. The molecular weight excluding hydrogens is 366 g/mol. The van der Waals surface area contributed by atoms with Crippen molar-refractivity contribution in [3.8, 4) is 0 Å². The second-order valence-electron chi connectivity index (χ2n) is 7.51. The van der Waals surface area contributed by atoms with E-state index >= 15 is 0 Å². The number of anilines is 2. The Bertz CT molecular complexity index is 864. The molecule has 2 aromatic rings. The number of nitrogens with zero attached hydrogens (tertiary/aromatic N) is 2. The summed E-state index contributed by atoms with van der Waals surface area (Å²) in [6.45, 7) is 15.1. The van der Waals surface area contributed by atoms with Crippen molar-refractivity contribution in [2.24, 2.45) is 0 Å². The van der Waals surface area contributed by atoms with Gasteiger partial charge in [0.15, 0.2) is 11.5 Å². The van der Waals surface area contributed by atoms with Crippen LogP contribution in [0.3, 0.4) is 0 Å². The summed E-state index contributed by atoms with van der Waals surface area (Å²) >= 11 is 0. The van der Waals surface area contributed by atoms with Crippen molar-refractivity contribution in [2.45, 2.75) is 19.1 Å². The lowest BCUT2D eigenvalue weighted by atomic mass is 10.0. The van der Waals surface area contributed by atoms with Crippen LogP contribution in [0.1, 0.15) is 18.1 Å². The molecule has 0 aliphatic carbocycles. The molecule has 2 saturated heterocycles. The number of hydrogen-bond acceptors (Lipinski definition) is 5. The molecule has 0 unspecified atom stereocenters. The molecule has 2 aromatic carbocycles. The van der Waals surface area contributed by atoms with Crippen LogP contribution in [0.2, 0.25) is 0 Å². The van der Waals surface area contributed by atoms with Gasteiger partial charge in [-0.1, -0.05) is 24.3 Å². The summed E-state index contributed by atoms with van der Waals surface area (Å²) in [5.74, 6) is -0.791. The fourth-order valence-electron chi connectivity index (χ4n) is 3.79. The molecule has 0 radical (unpaired) electrons.